The molecule has 16 heavy (non-hydrogen) atoms. The quantitative estimate of drug-likeness (QED) is 0.484. The highest BCUT2D eigenvalue weighted by atomic mass is 16.2. The number of hydrogen-bond acceptors (Lipinski definition) is 2. The lowest BCUT2D eigenvalue weighted by Crippen LogP contribution is -2.31. The van der Waals surface area contributed by atoms with Crippen LogP contribution in [0.3, 0.4) is 0 Å². The van der Waals surface area contributed by atoms with Gasteiger partial charge < -0.3 is 10.6 Å². The molecule has 0 saturated carbocycles. The Kier molecular flexibility index (Phi) is 8.91. The number of nitrogens with two attached hydrogens (primary N) is 1. The number of carbonyl (C=O) groups is 1. The van der Waals surface area contributed by atoms with Crippen molar-refractivity contribution in [3.05, 3.63) is 12.2 Å². The van der Waals surface area contributed by atoms with E-state index >= 15 is 0 Å². The number of likely N-dealkylation sites (N-methyl/N-ethyl adjacent to an activating group) is 1. The van der Waals surface area contributed by atoms with E-state index in [4.69, 9.17) is 5.73 Å². The standard InChI is InChI=1S/C13H26N2O/c1-4-15(11-12(2)3)13(16)9-7-5-6-8-10-14/h2,4-11,14H2,1,3H3. The molecule has 0 fully saturated rings. The third-order valence-electron chi connectivity index (χ3n) is 2.54. The van der Waals surface area contributed by atoms with Crippen molar-refractivity contribution in [3.8, 4) is 0 Å². The molecule has 0 rings (SSSR count). The smallest absolute Gasteiger partial charge is 0.222 e. The zero-order valence-corrected chi connectivity index (χ0v) is 10.8. The van der Waals surface area contributed by atoms with Crippen LogP contribution in [0, 0.1) is 0 Å². The second-order valence-corrected chi connectivity index (χ2v) is 4.32. The van der Waals surface area contributed by atoms with Crippen molar-refractivity contribution in [2.24, 2.45) is 5.73 Å². The molecule has 1 amide bonds. The van der Waals surface area contributed by atoms with Crippen molar-refractivity contribution in [2.45, 2.75) is 46.0 Å². The zero-order chi connectivity index (χ0) is 12.4. The molecule has 0 unspecified atom stereocenters. The molecule has 0 heterocycles. The van der Waals surface area contributed by atoms with Crippen LogP contribution in [0.25, 0.3) is 0 Å². The topological polar surface area (TPSA) is 46.3 Å². The van der Waals surface area contributed by atoms with Crippen LogP contribution in [-0.2, 0) is 4.79 Å². The lowest BCUT2D eigenvalue weighted by molar-refractivity contribution is -0.130. The van der Waals surface area contributed by atoms with Crippen molar-refractivity contribution < 1.29 is 4.79 Å². The fourth-order valence-electron chi connectivity index (χ4n) is 1.63. The van der Waals surface area contributed by atoms with Crippen LogP contribution >= 0.6 is 0 Å². The predicted octanol–water partition coefficient (Wildman–Crippen LogP) is 2.32. The molecule has 0 aromatic heterocycles. The summed E-state index contributed by atoms with van der Waals surface area (Å²) in [6, 6.07) is 0. The number of amides is 1. The highest BCUT2D eigenvalue weighted by Gasteiger charge is 2.10. The molecule has 0 atom stereocenters. The molecule has 0 saturated heterocycles. The average Bonchev–Trinajstić information content (AvgIpc) is 2.25. The Hall–Kier alpha value is -0.830. The fraction of sp³-hybridized carbons (Fsp3) is 0.769. The van der Waals surface area contributed by atoms with E-state index in [9.17, 15) is 4.79 Å². The third kappa shape index (κ3) is 7.46. The van der Waals surface area contributed by atoms with Gasteiger partial charge in [-0.3, -0.25) is 4.79 Å². The summed E-state index contributed by atoms with van der Waals surface area (Å²) in [7, 11) is 0. The first-order chi connectivity index (χ1) is 7.61. The van der Waals surface area contributed by atoms with Crippen LogP contribution in [-0.4, -0.2) is 30.4 Å². The monoisotopic (exact) mass is 226 g/mol. The van der Waals surface area contributed by atoms with Crippen molar-refractivity contribution in [1.82, 2.24) is 4.90 Å². The minimum atomic E-state index is 0.248. The van der Waals surface area contributed by atoms with Crippen LogP contribution in [0.15, 0.2) is 12.2 Å². The Bertz CT molecular complexity index is 214. The third-order valence-corrected chi connectivity index (χ3v) is 2.54. The van der Waals surface area contributed by atoms with Gasteiger partial charge in [-0.15, -0.1) is 0 Å². The van der Waals surface area contributed by atoms with Crippen molar-refractivity contribution in [3.63, 3.8) is 0 Å². The molecule has 0 bridgehead atoms. The Morgan fingerprint density at radius 3 is 2.38 bits per heavy atom. The Balaban J connectivity index is 3.71. The van der Waals surface area contributed by atoms with Gasteiger partial charge >= 0.3 is 0 Å². The summed E-state index contributed by atoms with van der Waals surface area (Å²) in [5.41, 5.74) is 6.45. The fourth-order valence-corrected chi connectivity index (χ4v) is 1.63. The maximum Gasteiger partial charge on any atom is 0.222 e. The van der Waals surface area contributed by atoms with Crippen molar-refractivity contribution >= 4 is 5.91 Å². The maximum absolute atomic E-state index is 11.8. The van der Waals surface area contributed by atoms with Gasteiger partial charge in [0.05, 0.1) is 0 Å². The molecule has 0 aliphatic rings. The summed E-state index contributed by atoms with van der Waals surface area (Å²) in [5.74, 6) is 0.248. The molecule has 2 N–H and O–H groups in total. The van der Waals surface area contributed by atoms with E-state index in [1.54, 1.807) is 0 Å². The van der Waals surface area contributed by atoms with E-state index in [0.717, 1.165) is 44.3 Å². The van der Waals surface area contributed by atoms with Crippen LogP contribution in [0.1, 0.15) is 46.0 Å². The van der Waals surface area contributed by atoms with E-state index in [1.807, 2.05) is 18.7 Å². The van der Waals surface area contributed by atoms with Gasteiger partial charge in [0.1, 0.15) is 0 Å². The summed E-state index contributed by atoms with van der Waals surface area (Å²) in [6.07, 6.45) is 4.94. The Labute approximate surface area is 99.7 Å². The second kappa shape index (κ2) is 9.40. The summed E-state index contributed by atoms with van der Waals surface area (Å²) >= 11 is 0. The number of unbranched alkanes of at least 4 members (excludes halogenated alkanes) is 3. The predicted molar refractivity (Wildman–Crippen MR) is 69.2 cm³/mol. The SMILES string of the molecule is C=C(C)CN(CC)C(=O)CCCCCCN. The maximum atomic E-state index is 11.8. The van der Waals surface area contributed by atoms with Crippen LogP contribution in [0.4, 0.5) is 0 Å². The van der Waals surface area contributed by atoms with Crippen LogP contribution < -0.4 is 5.73 Å². The molecular formula is C13H26N2O. The first-order valence-corrected chi connectivity index (χ1v) is 6.24. The largest absolute Gasteiger partial charge is 0.339 e. The Morgan fingerprint density at radius 1 is 1.25 bits per heavy atom. The minimum absolute atomic E-state index is 0.248. The van der Waals surface area contributed by atoms with Gasteiger partial charge in [-0.25, -0.2) is 0 Å². The Morgan fingerprint density at radius 2 is 1.88 bits per heavy atom. The summed E-state index contributed by atoms with van der Waals surface area (Å²) in [5, 5.41) is 0. The van der Waals surface area contributed by atoms with Gasteiger partial charge in [-0.1, -0.05) is 25.0 Å². The van der Waals surface area contributed by atoms with Gasteiger partial charge in [0.2, 0.25) is 5.91 Å². The normalized spacial score (nSPS) is 10.2. The van der Waals surface area contributed by atoms with Gasteiger partial charge in [-0.2, -0.15) is 0 Å². The average molecular weight is 226 g/mol. The molecule has 3 nitrogen and oxygen atoms in total. The molecule has 0 spiro atoms. The van der Waals surface area contributed by atoms with Gasteiger partial charge in [0, 0.05) is 19.5 Å². The van der Waals surface area contributed by atoms with E-state index in [1.165, 1.54) is 0 Å². The highest BCUT2D eigenvalue weighted by Crippen LogP contribution is 2.06. The van der Waals surface area contributed by atoms with E-state index < -0.39 is 0 Å². The highest BCUT2D eigenvalue weighted by molar-refractivity contribution is 5.76. The lowest BCUT2D eigenvalue weighted by Gasteiger charge is -2.20. The molecule has 3 heteroatoms. The minimum Gasteiger partial charge on any atom is -0.339 e. The van der Waals surface area contributed by atoms with Gasteiger partial charge in [-0.05, 0) is 33.2 Å². The molecule has 0 aliphatic heterocycles. The van der Waals surface area contributed by atoms with Crippen molar-refractivity contribution in [1.29, 1.82) is 0 Å². The number of hydrogen-bond donors (Lipinski definition) is 1. The molecular weight excluding hydrogens is 200 g/mol. The lowest BCUT2D eigenvalue weighted by atomic mass is 10.1. The summed E-state index contributed by atoms with van der Waals surface area (Å²) < 4.78 is 0. The van der Waals surface area contributed by atoms with Gasteiger partial charge in [0.15, 0.2) is 0 Å². The molecule has 0 aliphatic carbocycles. The molecule has 0 radical (unpaired) electrons. The van der Waals surface area contributed by atoms with Crippen LogP contribution in [0.2, 0.25) is 0 Å². The number of rotatable bonds is 9. The molecule has 94 valence electrons. The van der Waals surface area contributed by atoms with E-state index in [-0.39, 0.29) is 5.91 Å². The summed E-state index contributed by atoms with van der Waals surface area (Å²) in [6.45, 7) is 10.0. The van der Waals surface area contributed by atoms with E-state index in [2.05, 4.69) is 6.58 Å². The molecule has 0 aromatic rings. The van der Waals surface area contributed by atoms with Gasteiger partial charge in [0.25, 0.3) is 0 Å². The second-order valence-electron chi connectivity index (χ2n) is 4.32. The number of carbonyl (C=O) groups excluding carboxylic acids is 1. The first-order valence-electron chi connectivity index (χ1n) is 6.24. The first kappa shape index (κ1) is 15.2. The van der Waals surface area contributed by atoms with E-state index in [0.29, 0.717) is 13.0 Å². The van der Waals surface area contributed by atoms with Crippen molar-refractivity contribution in [2.75, 3.05) is 19.6 Å². The zero-order valence-electron chi connectivity index (χ0n) is 10.8. The molecule has 0 aromatic carbocycles. The van der Waals surface area contributed by atoms with Crippen LogP contribution in [0.5, 0.6) is 0 Å². The summed E-state index contributed by atoms with van der Waals surface area (Å²) in [4.78, 5) is 13.7. The number of nitrogens with zero attached hydrogens (tertiary/aromatic N) is 1.